The lowest BCUT2D eigenvalue weighted by molar-refractivity contribution is 0.0695. The van der Waals surface area contributed by atoms with Crippen molar-refractivity contribution in [3.05, 3.63) is 60.9 Å². The molecule has 0 aromatic heterocycles. The standard InChI is InChI=1S/C14H8Br3NO3/c15-7-1-3-9(12(17)5-7)13(19)18-8-2-4-11(16)10(6-8)14(20)21/h1-6H,(H,18,19)(H,20,21). The van der Waals surface area contributed by atoms with E-state index in [1.165, 1.54) is 6.07 Å². The Labute approximate surface area is 145 Å². The van der Waals surface area contributed by atoms with Gasteiger partial charge in [-0.15, -0.1) is 0 Å². The summed E-state index contributed by atoms with van der Waals surface area (Å²) in [5.41, 5.74) is 0.955. The molecule has 0 unspecified atom stereocenters. The van der Waals surface area contributed by atoms with Crippen molar-refractivity contribution < 1.29 is 14.7 Å². The average molecular weight is 478 g/mol. The van der Waals surface area contributed by atoms with E-state index in [-0.39, 0.29) is 11.5 Å². The van der Waals surface area contributed by atoms with Crippen molar-refractivity contribution in [3.8, 4) is 0 Å². The molecule has 0 saturated carbocycles. The Hall–Kier alpha value is -1.18. The number of nitrogens with one attached hydrogen (secondary N) is 1. The first-order valence-corrected chi connectivity index (χ1v) is 8.05. The van der Waals surface area contributed by atoms with Gasteiger partial charge in [0.1, 0.15) is 0 Å². The third-order valence-electron chi connectivity index (χ3n) is 2.63. The molecule has 2 rings (SSSR count). The van der Waals surface area contributed by atoms with Gasteiger partial charge in [0.2, 0.25) is 0 Å². The van der Waals surface area contributed by atoms with Crippen molar-refractivity contribution in [2.75, 3.05) is 5.32 Å². The lowest BCUT2D eigenvalue weighted by Crippen LogP contribution is -2.13. The van der Waals surface area contributed by atoms with Crippen LogP contribution >= 0.6 is 47.8 Å². The lowest BCUT2D eigenvalue weighted by atomic mass is 10.1. The van der Waals surface area contributed by atoms with Crippen molar-refractivity contribution in [2.24, 2.45) is 0 Å². The highest BCUT2D eigenvalue weighted by Crippen LogP contribution is 2.25. The zero-order valence-corrected chi connectivity index (χ0v) is 15.1. The van der Waals surface area contributed by atoms with E-state index in [1.54, 1.807) is 30.3 Å². The molecule has 2 aromatic carbocycles. The monoisotopic (exact) mass is 475 g/mol. The van der Waals surface area contributed by atoms with Crippen LogP contribution in [0.2, 0.25) is 0 Å². The number of benzene rings is 2. The predicted molar refractivity (Wildman–Crippen MR) is 90.9 cm³/mol. The number of rotatable bonds is 3. The number of hydrogen-bond donors (Lipinski definition) is 2. The maximum absolute atomic E-state index is 12.2. The molecule has 0 saturated heterocycles. The van der Waals surface area contributed by atoms with E-state index in [0.29, 0.717) is 20.2 Å². The second-order valence-corrected chi connectivity index (χ2v) is 6.70. The fourth-order valence-electron chi connectivity index (χ4n) is 1.64. The Morgan fingerprint density at radius 2 is 1.62 bits per heavy atom. The molecule has 21 heavy (non-hydrogen) atoms. The third kappa shape index (κ3) is 3.93. The number of carboxylic acid groups (broad SMARTS) is 1. The summed E-state index contributed by atoms with van der Waals surface area (Å²) >= 11 is 9.79. The van der Waals surface area contributed by atoms with E-state index in [9.17, 15) is 9.59 Å². The molecule has 2 aromatic rings. The van der Waals surface area contributed by atoms with Crippen LogP contribution in [0.15, 0.2) is 49.8 Å². The Kier molecular flexibility index (Phi) is 5.18. The molecule has 0 bridgehead atoms. The van der Waals surface area contributed by atoms with Crippen LogP contribution in [0, 0.1) is 0 Å². The number of carbonyl (C=O) groups is 2. The first-order valence-electron chi connectivity index (χ1n) is 5.67. The molecule has 1 amide bonds. The highest BCUT2D eigenvalue weighted by atomic mass is 79.9. The SMILES string of the molecule is O=C(O)c1cc(NC(=O)c2ccc(Br)cc2Br)ccc1Br. The molecule has 0 aliphatic carbocycles. The number of halogens is 3. The summed E-state index contributed by atoms with van der Waals surface area (Å²) in [5.74, 6) is -1.39. The molecule has 0 fully saturated rings. The van der Waals surface area contributed by atoms with Gasteiger partial charge in [0.15, 0.2) is 0 Å². The maximum Gasteiger partial charge on any atom is 0.336 e. The molecule has 0 atom stereocenters. The molecule has 0 spiro atoms. The summed E-state index contributed by atoms with van der Waals surface area (Å²) < 4.78 is 1.95. The van der Waals surface area contributed by atoms with E-state index in [1.807, 2.05) is 0 Å². The van der Waals surface area contributed by atoms with Crippen LogP contribution in [0.1, 0.15) is 20.7 Å². The molecule has 4 nitrogen and oxygen atoms in total. The summed E-state index contributed by atoms with van der Waals surface area (Å²) in [6.07, 6.45) is 0. The van der Waals surface area contributed by atoms with E-state index < -0.39 is 5.97 Å². The van der Waals surface area contributed by atoms with Gasteiger partial charge in [0, 0.05) is 19.1 Å². The minimum Gasteiger partial charge on any atom is -0.478 e. The van der Waals surface area contributed by atoms with Crippen LogP contribution in [-0.4, -0.2) is 17.0 Å². The topological polar surface area (TPSA) is 66.4 Å². The molecule has 0 aliphatic rings. The van der Waals surface area contributed by atoms with E-state index in [0.717, 1.165) is 4.47 Å². The van der Waals surface area contributed by atoms with Crippen molar-refractivity contribution in [1.29, 1.82) is 0 Å². The van der Waals surface area contributed by atoms with Gasteiger partial charge in [0.05, 0.1) is 11.1 Å². The maximum atomic E-state index is 12.2. The van der Waals surface area contributed by atoms with E-state index >= 15 is 0 Å². The van der Waals surface area contributed by atoms with Crippen LogP contribution in [0.5, 0.6) is 0 Å². The molecule has 7 heteroatoms. The van der Waals surface area contributed by atoms with Gasteiger partial charge in [-0.3, -0.25) is 4.79 Å². The highest BCUT2D eigenvalue weighted by molar-refractivity contribution is 9.11. The number of anilines is 1. The fraction of sp³-hybridized carbons (Fsp3) is 0. The fourth-order valence-corrected chi connectivity index (χ4v) is 3.28. The molecule has 108 valence electrons. The van der Waals surface area contributed by atoms with Crippen LogP contribution in [0.3, 0.4) is 0 Å². The van der Waals surface area contributed by atoms with Gasteiger partial charge in [0.25, 0.3) is 5.91 Å². The van der Waals surface area contributed by atoms with Gasteiger partial charge < -0.3 is 10.4 Å². The molecule has 0 heterocycles. The van der Waals surface area contributed by atoms with Gasteiger partial charge in [-0.25, -0.2) is 4.79 Å². The lowest BCUT2D eigenvalue weighted by Gasteiger charge is -2.09. The van der Waals surface area contributed by atoms with Crippen LogP contribution in [0.25, 0.3) is 0 Å². The van der Waals surface area contributed by atoms with Gasteiger partial charge in [-0.1, -0.05) is 15.9 Å². The molecular formula is C14H8Br3NO3. The number of carboxylic acids is 1. The van der Waals surface area contributed by atoms with E-state index in [2.05, 4.69) is 53.1 Å². The summed E-state index contributed by atoms with van der Waals surface area (Å²) in [7, 11) is 0. The molecular weight excluding hydrogens is 470 g/mol. The van der Waals surface area contributed by atoms with Crippen molar-refractivity contribution in [1.82, 2.24) is 0 Å². The number of aromatic carboxylic acids is 1. The average Bonchev–Trinajstić information content (AvgIpc) is 2.40. The summed E-state index contributed by atoms with van der Waals surface area (Å²) in [4.78, 5) is 23.3. The quantitative estimate of drug-likeness (QED) is 0.659. The van der Waals surface area contributed by atoms with Crippen LogP contribution in [0.4, 0.5) is 5.69 Å². The number of amides is 1. The molecule has 2 N–H and O–H groups in total. The zero-order chi connectivity index (χ0) is 15.6. The Morgan fingerprint density at radius 1 is 0.905 bits per heavy atom. The van der Waals surface area contributed by atoms with Crippen molar-refractivity contribution in [2.45, 2.75) is 0 Å². The Balaban J connectivity index is 2.27. The third-order valence-corrected chi connectivity index (χ3v) is 4.47. The summed E-state index contributed by atoms with van der Waals surface area (Å²) in [6.45, 7) is 0. The highest BCUT2D eigenvalue weighted by Gasteiger charge is 2.13. The predicted octanol–water partition coefficient (Wildman–Crippen LogP) is 4.92. The van der Waals surface area contributed by atoms with Gasteiger partial charge >= 0.3 is 5.97 Å². The largest absolute Gasteiger partial charge is 0.478 e. The van der Waals surface area contributed by atoms with Gasteiger partial charge in [-0.2, -0.15) is 0 Å². The second-order valence-electron chi connectivity index (χ2n) is 4.08. The molecule has 0 aliphatic heterocycles. The van der Waals surface area contributed by atoms with Crippen LogP contribution in [-0.2, 0) is 0 Å². The van der Waals surface area contributed by atoms with E-state index in [4.69, 9.17) is 5.11 Å². The smallest absolute Gasteiger partial charge is 0.336 e. The second kappa shape index (κ2) is 6.72. The first kappa shape index (κ1) is 16.2. The first-order chi connectivity index (χ1) is 9.88. The minimum absolute atomic E-state index is 0.0858. The minimum atomic E-state index is -1.07. The van der Waals surface area contributed by atoms with Crippen molar-refractivity contribution in [3.63, 3.8) is 0 Å². The van der Waals surface area contributed by atoms with Gasteiger partial charge in [-0.05, 0) is 68.3 Å². The van der Waals surface area contributed by atoms with Crippen molar-refractivity contribution >= 4 is 65.4 Å². The summed E-state index contributed by atoms with van der Waals surface area (Å²) in [6, 6.07) is 9.79. The normalized spacial score (nSPS) is 10.2. The Morgan fingerprint density at radius 3 is 2.24 bits per heavy atom. The Bertz CT molecular complexity index is 731. The molecule has 0 radical (unpaired) electrons. The zero-order valence-electron chi connectivity index (χ0n) is 10.4. The number of hydrogen-bond acceptors (Lipinski definition) is 2. The number of carbonyl (C=O) groups excluding carboxylic acids is 1. The van der Waals surface area contributed by atoms with Crippen LogP contribution < -0.4 is 5.32 Å². The summed E-state index contributed by atoms with van der Waals surface area (Å²) in [5, 5.41) is 11.7.